The molecule has 1 fully saturated rings. The fourth-order valence-electron chi connectivity index (χ4n) is 1.55. The van der Waals surface area contributed by atoms with Crippen molar-refractivity contribution in [3.05, 3.63) is 28.5 Å². The average molecular weight is 285 g/mol. The number of hydrogen-bond donors (Lipinski definition) is 1. The van der Waals surface area contributed by atoms with Crippen LogP contribution in [0.2, 0.25) is 0 Å². The Labute approximate surface area is 100 Å². The van der Waals surface area contributed by atoms with Gasteiger partial charge in [-0.1, -0.05) is 6.07 Å². The van der Waals surface area contributed by atoms with Gasteiger partial charge in [-0.3, -0.25) is 4.79 Å². The Morgan fingerprint density at radius 2 is 2.12 bits per heavy atom. The third-order valence-corrected chi connectivity index (χ3v) is 2.98. The Balaban J connectivity index is 2.26. The van der Waals surface area contributed by atoms with Crippen LogP contribution < -0.4 is 5.73 Å². The van der Waals surface area contributed by atoms with E-state index < -0.39 is 17.5 Å². The molecule has 0 saturated heterocycles. The highest BCUT2D eigenvalue weighted by Crippen LogP contribution is 2.48. The topological polar surface area (TPSA) is 82.3 Å². The van der Waals surface area contributed by atoms with Crippen LogP contribution in [0.4, 0.5) is 4.79 Å². The fourth-order valence-corrected chi connectivity index (χ4v) is 1.90. The van der Waals surface area contributed by atoms with E-state index in [1.165, 1.54) is 0 Å². The minimum absolute atomic E-state index is 0.605. The van der Waals surface area contributed by atoms with Crippen LogP contribution in [-0.2, 0) is 14.9 Å². The zero-order chi connectivity index (χ0) is 11.8. The zero-order valence-electron chi connectivity index (χ0n) is 8.27. The summed E-state index contributed by atoms with van der Waals surface area (Å²) in [5.74, 6) is -0.620. The van der Waals surface area contributed by atoms with Gasteiger partial charge in [0.1, 0.15) is 10.0 Å². The standard InChI is InChI=1S/C10H9BrN2O3/c11-7-3-1-2-6(13-7)10(4-5-10)8(14)16-9(12)15/h1-3H,4-5H2,(H2,12,15). The molecule has 16 heavy (non-hydrogen) atoms. The number of ether oxygens (including phenoxy) is 1. The summed E-state index contributed by atoms with van der Waals surface area (Å²) in [7, 11) is 0. The number of rotatable bonds is 2. The van der Waals surface area contributed by atoms with Crippen molar-refractivity contribution >= 4 is 28.0 Å². The molecule has 1 aliphatic rings. The van der Waals surface area contributed by atoms with Crippen LogP contribution in [0.5, 0.6) is 0 Å². The summed E-state index contributed by atoms with van der Waals surface area (Å²) in [6.45, 7) is 0. The summed E-state index contributed by atoms with van der Waals surface area (Å²) in [6.07, 6.45) is 0.178. The van der Waals surface area contributed by atoms with Crippen LogP contribution in [0.3, 0.4) is 0 Å². The van der Waals surface area contributed by atoms with Gasteiger partial charge >= 0.3 is 12.1 Å². The van der Waals surface area contributed by atoms with E-state index in [1.54, 1.807) is 18.2 Å². The molecule has 84 valence electrons. The minimum atomic E-state index is -1.08. The van der Waals surface area contributed by atoms with E-state index in [4.69, 9.17) is 5.73 Å². The van der Waals surface area contributed by atoms with Crippen molar-refractivity contribution in [2.75, 3.05) is 0 Å². The minimum Gasteiger partial charge on any atom is -0.376 e. The number of halogens is 1. The van der Waals surface area contributed by atoms with Crippen molar-refractivity contribution in [2.24, 2.45) is 5.73 Å². The van der Waals surface area contributed by atoms with Gasteiger partial charge in [-0.05, 0) is 40.9 Å². The van der Waals surface area contributed by atoms with Crippen LogP contribution in [0.1, 0.15) is 18.5 Å². The molecule has 0 aromatic carbocycles. The van der Waals surface area contributed by atoms with Gasteiger partial charge in [0, 0.05) is 0 Å². The molecule has 0 aliphatic heterocycles. The number of carbonyl (C=O) groups is 2. The van der Waals surface area contributed by atoms with Gasteiger partial charge in [0.2, 0.25) is 0 Å². The lowest BCUT2D eigenvalue weighted by Crippen LogP contribution is -2.29. The molecule has 2 rings (SSSR count). The van der Waals surface area contributed by atoms with E-state index in [0.29, 0.717) is 23.1 Å². The lowest BCUT2D eigenvalue weighted by atomic mass is 10.0. The summed E-state index contributed by atoms with van der Waals surface area (Å²) in [5.41, 5.74) is 4.64. The third-order valence-electron chi connectivity index (χ3n) is 2.54. The van der Waals surface area contributed by atoms with Gasteiger partial charge in [-0.15, -0.1) is 0 Å². The molecule has 1 amide bonds. The van der Waals surface area contributed by atoms with Crippen LogP contribution in [0.15, 0.2) is 22.8 Å². The van der Waals surface area contributed by atoms with E-state index >= 15 is 0 Å². The van der Waals surface area contributed by atoms with Gasteiger partial charge in [-0.2, -0.15) is 0 Å². The number of hydrogen-bond acceptors (Lipinski definition) is 4. The summed E-state index contributed by atoms with van der Waals surface area (Å²) in [4.78, 5) is 26.4. The van der Waals surface area contributed by atoms with Gasteiger partial charge in [0.25, 0.3) is 0 Å². The zero-order valence-corrected chi connectivity index (χ0v) is 9.86. The molecule has 0 radical (unpaired) electrons. The second-order valence-electron chi connectivity index (χ2n) is 3.64. The Morgan fingerprint density at radius 3 is 2.62 bits per heavy atom. The molecule has 1 aliphatic carbocycles. The number of pyridine rings is 1. The van der Waals surface area contributed by atoms with Crippen LogP contribution in [-0.4, -0.2) is 17.0 Å². The first kappa shape index (κ1) is 11.1. The summed E-state index contributed by atoms with van der Waals surface area (Å²) in [6, 6.07) is 5.28. The number of esters is 1. The Bertz CT molecular complexity index is 457. The van der Waals surface area contributed by atoms with Gasteiger partial charge < -0.3 is 10.5 Å². The van der Waals surface area contributed by atoms with Gasteiger partial charge in [-0.25, -0.2) is 9.78 Å². The smallest absolute Gasteiger partial charge is 0.376 e. The predicted octanol–water partition coefficient (Wildman–Crippen LogP) is 1.50. The number of amides is 1. The maximum absolute atomic E-state index is 11.7. The molecular weight excluding hydrogens is 276 g/mol. The molecule has 6 heteroatoms. The molecule has 0 spiro atoms. The lowest BCUT2D eigenvalue weighted by molar-refractivity contribution is -0.140. The molecule has 0 unspecified atom stereocenters. The van der Waals surface area contributed by atoms with Crippen LogP contribution >= 0.6 is 15.9 Å². The Morgan fingerprint density at radius 1 is 1.44 bits per heavy atom. The number of nitrogens with zero attached hydrogens (tertiary/aromatic N) is 1. The highest BCUT2D eigenvalue weighted by Gasteiger charge is 2.54. The first-order valence-electron chi connectivity index (χ1n) is 4.69. The lowest BCUT2D eigenvalue weighted by Gasteiger charge is -2.11. The first-order valence-corrected chi connectivity index (χ1v) is 5.49. The number of primary amides is 1. The average Bonchev–Trinajstić information content (AvgIpc) is 2.97. The number of nitrogens with two attached hydrogens (primary N) is 1. The second-order valence-corrected chi connectivity index (χ2v) is 4.45. The Hall–Kier alpha value is -1.43. The van der Waals surface area contributed by atoms with Crippen molar-refractivity contribution in [1.29, 1.82) is 0 Å². The number of carbonyl (C=O) groups excluding carboxylic acids is 2. The van der Waals surface area contributed by atoms with E-state index in [9.17, 15) is 9.59 Å². The highest BCUT2D eigenvalue weighted by molar-refractivity contribution is 9.10. The molecule has 1 aromatic rings. The largest absolute Gasteiger partial charge is 0.412 e. The molecule has 0 atom stereocenters. The highest BCUT2D eigenvalue weighted by atomic mass is 79.9. The second kappa shape index (κ2) is 3.86. The molecule has 1 saturated carbocycles. The molecule has 2 N–H and O–H groups in total. The normalized spacial score (nSPS) is 16.6. The summed E-state index contributed by atoms with van der Waals surface area (Å²) >= 11 is 3.23. The fraction of sp³-hybridized carbons (Fsp3) is 0.300. The first-order chi connectivity index (χ1) is 7.54. The molecule has 0 bridgehead atoms. The summed E-state index contributed by atoms with van der Waals surface area (Å²) < 4.78 is 5.06. The molecule has 1 heterocycles. The molecular formula is C10H9BrN2O3. The van der Waals surface area contributed by atoms with Crippen molar-refractivity contribution in [1.82, 2.24) is 4.98 Å². The van der Waals surface area contributed by atoms with Crippen LogP contribution in [0, 0.1) is 0 Å². The predicted molar refractivity (Wildman–Crippen MR) is 58.5 cm³/mol. The van der Waals surface area contributed by atoms with E-state index in [-0.39, 0.29) is 0 Å². The van der Waals surface area contributed by atoms with Gasteiger partial charge in [0.05, 0.1) is 5.69 Å². The molecule has 1 aromatic heterocycles. The van der Waals surface area contributed by atoms with Gasteiger partial charge in [0.15, 0.2) is 0 Å². The SMILES string of the molecule is NC(=O)OC(=O)C1(c2cccc(Br)n2)CC1. The quantitative estimate of drug-likeness (QED) is 0.507. The van der Waals surface area contributed by atoms with Crippen molar-refractivity contribution in [3.8, 4) is 0 Å². The molecule has 5 nitrogen and oxygen atoms in total. The number of aromatic nitrogens is 1. The monoisotopic (exact) mass is 284 g/mol. The van der Waals surface area contributed by atoms with Crippen LogP contribution in [0.25, 0.3) is 0 Å². The van der Waals surface area contributed by atoms with Crippen molar-refractivity contribution < 1.29 is 14.3 Å². The van der Waals surface area contributed by atoms with E-state index in [1.807, 2.05) is 0 Å². The van der Waals surface area contributed by atoms with Crippen molar-refractivity contribution in [2.45, 2.75) is 18.3 Å². The maximum Gasteiger partial charge on any atom is 0.412 e. The van der Waals surface area contributed by atoms with E-state index in [2.05, 4.69) is 25.7 Å². The van der Waals surface area contributed by atoms with E-state index in [0.717, 1.165) is 0 Å². The third kappa shape index (κ3) is 1.92. The maximum atomic E-state index is 11.7. The van der Waals surface area contributed by atoms with Crippen molar-refractivity contribution in [3.63, 3.8) is 0 Å². The Kier molecular flexibility index (Phi) is 2.67. The summed E-state index contributed by atoms with van der Waals surface area (Å²) in [5, 5.41) is 0.